The number of fused-ring (bicyclic) bond motifs is 1. The van der Waals surface area contributed by atoms with E-state index < -0.39 is 11.9 Å². The largest absolute Gasteiger partial charge is 0.289 e. The first kappa shape index (κ1) is 13.1. The third-order valence-electron chi connectivity index (χ3n) is 2.86. The molecule has 0 saturated carbocycles. The maximum Gasteiger partial charge on any atom is 0.261 e. The highest BCUT2D eigenvalue weighted by atomic mass is 19.1. The van der Waals surface area contributed by atoms with Crippen LogP contribution in [0.1, 0.15) is 30.2 Å². The van der Waals surface area contributed by atoms with E-state index in [2.05, 4.69) is 31.0 Å². The van der Waals surface area contributed by atoms with Crippen LogP contribution in [0.3, 0.4) is 0 Å². The Labute approximate surface area is 117 Å². The van der Waals surface area contributed by atoms with Crippen LogP contribution >= 0.6 is 0 Å². The second-order valence-corrected chi connectivity index (χ2v) is 4.59. The maximum absolute atomic E-state index is 13.5. The molecule has 10 heteroatoms. The van der Waals surface area contributed by atoms with Crippen LogP contribution in [0.15, 0.2) is 18.5 Å². The lowest BCUT2D eigenvalue weighted by atomic mass is 10.2. The standard InChI is InChI=1S/C11H11FN8O/c1-6(2)20-11(16-17-18-20)14-10(21)7-3-4-8(12)19-5-13-15-9(7)19/h3-6H,1-2H3,(H,14,16,18,21). The fourth-order valence-electron chi connectivity index (χ4n) is 1.85. The summed E-state index contributed by atoms with van der Waals surface area (Å²) in [4.78, 5) is 12.3. The van der Waals surface area contributed by atoms with Crippen LogP contribution in [0, 0.1) is 5.95 Å². The zero-order chi connectivity index (χ0) is 15.0. The third-order valence-corrected chi connectivity index (χ3v) is 2.86. The molecule has 0 fully saturated rings. The monoisotopic (exact) mass is 290 g/mol. The number of aromatic nitrogens is 7. The number of rotatable bonds is 3. The first-order valence-electron chi connectivity index (χ1n) is 6.15. The minimum absolute atomic E-state index is 0.0170. The van der Waals surface area contributed by atoms with Crippen molar-refractivity contribution >= 4 is 17.5 Å². The van der Waals surface area contributed by atoms with Gasteiger partial charge in [-0.1, -0.05) is 5.10 Å². The summed E-state index contributed by atoms with van der Waals surface area (Å²) in [6.07, 6.45) is 1.19. The van der Waals surface area contributed by atoms with E-state index in [0.717, 1.165) is 10.5 Å². The molecule has 9 nitrogen and oxygen atoms in total. The van der Waals surface area contributed by atoms with Gasteiger partial charge in [-0.2, -0.15) is 4.39 Å². The summed E-state index contributed by atoms with van der Waals surface area (Å²) < 4.78 is 16.1. The van der Waals surface area contributed by atoms with E-state index in [4.69, 9.17) is 0 Å². The number of hydrogen-bond acceptors (Lipinski definition) is 6. The molecule has 0 atom stereocenters. The van der Waals surface area contributed by atoms with E-state index in [1.807, 2.05) is 13.8 Å². The highest BCUT2D eigenvalue weighted by molar-refractivity contribution is 6.07. The molecule has 21 heavy (non-hydrogen) atoms. The molecular formula is C11H11FN8O. The van der Waals surface area contributed by atoms with E-state index in [1.54, 1.807) is 0 Å². The van der Waals surface area contributed by atoms with Gasteiger partial charge in [0.25, 0.3) is 5.91 Å². The molecule has 3 aromatic rings. The predicted molar refractivity (Wildman–Crippen MR) is 69.1 cm³/mol. The van der Waals surface area contributed by atoms with Crippen molar-refractivity contribution < 1.29 is 9.18 Å². The number of nitrogens with one attached hydrogen (secondary N) is 1. The van der Waals surface area contributed by atoms with Gasteiger partial charge in [0, 0.05) is 0 Å². The van der Waals surface area contributed by atoms with Crippen molar-refractivity contribution in [2.24, 2.45) is 0 Å². The van der Waals surface area contributed by atoms with Crippen molar-refractivity contribution in [2.45, 2.75) is 19.9 Å². The van der Waals surface area contributed by atoms with Crippen LogP contribution in [0.2, 0.25) is 0 Å². The number of carbonyl (C=O) groups is 1. The molecule has 0 saturated heterocycles. The molecule has 3 aromatic heterocycles. The van der Waals surface area contributed by atoms with Crippen molar-refractivity contribution in [3.05, 3.63) is 30.0 Å². The van der Waals surface area contributed by atoms with E-state index in [1.165, 1.54) is 17.1 Å². The van der Waals surface area contributed by atoms with Crippen molar-refractivity contribution in [1.82, 2.24) is 34.8 Å². The van der Waals surface area contributed by atoms with Gasteiger partial charge in [0.15, 0.2) is 5.65 Å². The topological polar surface area (TPSA) is 103 Å². The van der Waals surface area contributed by atoms with E-state index in [-0.39, 0.29) is 23.2 Å². The Morgan fingerprint density at radius 2 is 2.14 bits per heavy atom. The lowest BCUT2D eigenvalue weighted by molar-refractivity contribution is 0.102. The number of carbonyl (C=O) groups excluding carboxylic acids is 1. The first-order chi connectivity index (χ1) is 10.1. The van der Waals surface area contributed by atoms with Crippen molar-refractivity contribution in [2.75, 3.05) is 5.32 Å². The summed E-state index contributed by atoms with van der Waals surface area (Å²) in [7, 11) is 0. The molecule has 108 valence electrons. The second-order valence-electron chi connectivity index (χ2n) is 4.59. The summed E-state index contributed by atoms with van der Waals surface area (Å²) in [5.74, 6) is -0.847. The Hall–Kier alpha value is -2.91. The van der Waals surface area contributed by atoms with Crippen molar-refractivity contribution in [3.63, 3.8) is 0 Å². The van der Waals surface area contributed by atoms with Gasteiger partial charge in [-0.05, 0) is 36.4 Å². The molecule has 0 spiro atoms. The van der Waals surface area contributed by atoms with E-state index >= 15 is 0 Å². The number of pyridine rings is 1. The van der Waals surface area contributed by atoms with Gasteiger partial charge in [-0.15, -0.1) is 10.2 Å². The van der Waals surface area contributed by atoms with Crippen LogP contribution in [0.4, 0.5) is 10.3 Å². The average molecular weight is 290 g/mol. The minimum atomic E-state index is -0.557. The van der Waals surface area contributed by atoms with Crippen LogP contribution in [0.5, 0.6) is 0 Å². The molecule has 1 amide bonds. The van der Waals surface area contributed by atoms with Crippen molar-refractivity contribution in [1.29, 1.82) is 0 Å². The Kier molecular flexibility index (Phi) is 3.05. The van der Waals surface area contributed by atoms with Gasteiger partial charge in [0.05, 0.1) is 11.6 Å². The van der Waals surface area contributed by atoms with Crippen LogP contribution in [-0.4, -0.2) is 40.7 Å². The van der Waals surface area contributed by atoms with Gasteiger partial charge in [-0.25, -0.2) is 4.68 Å². The van der Waals surface area contributed by atoms with Crippen LogP contribution < -0.4 is 5.32 Å². The molecule has 0 unspecified atom stereocenters. The van der Waals surface area contributed by atoms with Gasteiger partial charge < -0.3 is 0 Å². The highest BCUT2D eigenvalue weighted by Gasteiger charge is 2.18. The molecule has 0 aliphatic rings. The molecule has 0 aliphatic carbocycles. The fourth-order valence-corrected chi connectivity index (χ4v) is 1.85. The fraction of sp³-hybridized carbons (Fsp3) is 0.273. The zero-order valence-electron chi connectivity index (χ0n) is 11.2. The zero-order valence-corrected chi connectivity index (χ0v) is 11.2. The molecule has 1 N–H and O–H groups in total. The lowest BCUT2D eigenvalue weighted by Gasteiger charge is -2.09. The van der Waals surface area contributed by atoms with E-state index in [9.17, 15) is 9.18 Å². The number of halogens is 1. The molecule has 0 radical (unpaired) electrons. The van der Waals surface area contributed by atoms with Gasteiger partial charge in [0.1, 0.15) is 6.33 Å². The second kappa shape index (κ2) is 4.89. The maximum atomic E-state index is 13.5. The normalized spacial score (nSPS) is 11.2. The Morgan fingerprint density at radius 3 is 2.90 bits per heavy atom. The Bertz CT molecular complexity index is 808. The Balaban J connectivity index is 1.96. The SMILES string of the molecule is CC(C)n1nnnc1NC(=O)c1ccc(F)n2cnnc12. The number of hydrogen-bond donors (Lipinski definition) is 1. The summed E-state index contributed by atoms with van der Waals surface area (Å²) in [6, 6.07) is 2.48. The molecule has 0 aliphatic heterocycles. The summed E-state index contributed by atoms with van der Waals surface area (Å²) in [5, 5.41) is 20.9. The molecule has 3 heterocycles. The van der Waals surface area contributed by atoms with Gasteiger partial charge in [-0.3, -0.25) is 14.5 Å². The third kappa shape index (κ3) is 2.20. The highest BCUT2D eigenvalue weighted by Crippen LogP contribution is 2.14. The van der Waals surface area contributed by atoms with Crippen LogP contribution in [-0.2, 0) is 0 Å². The molecular weight excluding hydrogens is 279 g/mol. The number of amides is 1. The van der Waals surface area contributed by atoms with E-state index in [0.29, 0.717) is 0 Å². The molecule has 3 rings (SSSR count). The summed E-state index contributed by atoms with van der Waals surface area (Å²) in [5.41, 5.74) is 0.295. The average Bonchev–Trinajstić information content (AvgIpc) is 3.07. The van der Waals surface area contributed by atoms with Gasteiger partial charge in [0.2, 0.25) is 11.9 Å². The number of anilines is 1. The van der Waals surface area contributed by atoms with Gasteiger partial charge >= 0.3 is 0 Å². The quantitative estimate of drug-likeness (QED) is 0.712. The predicted octanol–water partition coefficient (Wildman–Crippen LogP) is 0.688. The van der Waals surface area contributed by atoms with Crippen molar-refractivity contribution in [3.8, 4) is 0 Å². The molecule has 0 aromatic carbocycles. The lowest BCUT2D eigenvalue weighted by Crippen LogP contribution is -2.18. The summed E-state index contributed by atoms with van der Waals surface area (Å²) in [6.45, 7) is 3.75. The van der Waals surface area contributed by atoms with Crippen LogP contribution in [0.25, 0.3) is 5.65 Å². The Morgan fingerprint density at radius 1 is 1.33 bits per heavy atom. The minimum Gasteiger partial charge on any atom is -0.289 e. The number of nitrogens with zero attached hydrogens (tertiary/aromatic N) is 7. The summed E-state index contributed by atoms with van der Waals surface area (Å²) >= 11 is 0. The molecule has 0 bridgehead atoms. The number of tetrazole rings is 1. The first-order valence-corrected chi connectivity index (χ1v) is 6.15. The smallest absolute Gasteiger partial charge is 0.261 e.